The Labute approximate surface area is 129 Å². The van der Waals surface area contributed by atoms with Gasteiger partial charge in [0.05, 0.1) is 0 Å². The molecule has 0 bridgehead atoms. The maximum atomic E-state index is 10.7. The summed E-state index contributed by atoms with van der Waals surface area (Å²) in [5.41, 5.74) is 5.90. The molecule has 1 aliphatic carbocycles. The summed E-state index contributed by atoms with van der Waals surface area (Å²) in [6.07, 6.45) is 0. The molecule has 1 heteroatoms. The minimum absolute atomic E-state index is 0.858. The molecule has 1 N–H and O–H groups in total. The Morgan fingerprint density at radius 3 is 1.38 bits per heavy atom. The van der Waals surface area contributed by atoms with Gasteiger partial charge in [0.1, 0.15) is 5.60 Å². The SMILES string of the molecule is CC.CC.Cc1ccc2c(c1)C(C)(O)c1cc(C)ccc1-2. The van der Waals surface area contributed by atoms with Gasteiger partial charge >= 0.3 is 0 Å². The summed E-state index contributed by atoms with van der Waals surface area (Å²) in [5.74, 6) is 0. The quantitative estimate of drug-likeness (QED) is 0.668. The van der Waals surface area contributed by atoms with Gasteiger partial charge in [-0.15, -0.1) is 0 Å². The van der Waals surface area contributed by atoms with Crippen molar-refractivity contribution >= 4 is 0 Å². The van der Waals surface area contributed by atoms with Crippen molar-refractivity contribution in [2.24, 2.45) is 0 Å². The Morgan fingerprint density at radius 1 is 0.714 bits per heavy atom. The molecule has 1 nitrogen and oxygen atoms in total. The molecular weight excluding hydrogens is 256 g/mol. The second kappa shape index (κ2) is 6.91. The monoisotopic (exact) mass is 284 g/mol. The fourth-order valence-corrected chi connectivity index (χ4v) is 2.74. The summed E-state index contributed by atoms with van der Waals surface area (Å²) < 4.78 is 0. The normalized spacial score (nSPS) is 13.1. The number of aryl methyl sites for hydroxylation is 2. The van der Waals surface area contributed by atoms with Crippen LogP contribution in [-0.2, 0) is 5.60 Å². The van der Waals surface area contributed by atoms with Crippen LogP contribution in [0, 0.1) is 13.8 Å². The molecule has 0 radical (unpaired) electrons. The van der Waals surface area contributed by atoms with E-state index in [0.29, 0.717) is 0 Å². The maximum absolute atomic E-state index is 10.7. The number of hydrogen-bond acceptors (Lipinski definition) is 1. The van der Waals surface area contributed by atoms with E-state index in [-0.39, 0.29) is 0 Å². The Morgan fingerprint density at radius 2 is 1.05 bits per heavy atom. The summed E-state index contributed by atoms with van der Waals surface area (Å²) in [7, 11) is 0. The Bertz CT molecular complexity index is 556. The number of benzene rings is 2. The van der Waals surface area contributed by atoms with Crippen molar-refractivity contribution in [1.82, 2.24) is 0 Å². The zero-order valence-corrected chi connectivity index (χ0v) is 14.4. The van der Waals surface area contributed by atoms with Crippen LogP contribution < -0.4 is 0 Å². The molecule has 114 valence electrons. The third-order valence-corrected chi connectivity index (χ3v) is 3.69. The van der Waals surface area contributed by atoms with Crippen LogP contribution in [0.5, 0.6) is 0 Å². The highest BCUT2D eigenvalue weighted by Crippen LogP contribution is 2.47. The summed E-state index contributed by atoms with van der Waals surface area (Å²) in [5, 5.41) is 10.7. The van der Waals surface area contributed by atoms with E-state index >= 15 is 0 Å². The molecule has 0 spiro atoms. The first-order valence-electron chi connectivity index (χ1n) is 7.95. The molecule has 2 aromatic rings. The summed E-state index contributed by atoms with van der Waals surface area (Å²) in [6, 6.07) is 12.6. The number of aliphatic hydroxyl groups is 1. The zero-order chi connectivity index (χ0) is 16.2. The highest BCUT2D eigenvalue weighted by Gasteiger charge is 2.37. The van der Waals surface area contributed by atoms with Crippen molar-refractivity contribution < 1.29 is 5.11 Å². The van der Waals surface area contributed by atoms with Crippen molar-refractivity contribution in [2.75, 3.05) is 0 Å². The van der Waals surface area contributed by atoms with Crippen molar-refractivity contribution in [3.05, 3.63) is 58.7 Å². The van der Waals surface area contributed by atoms with Crippen molar-refractivity contribution in [2.45, 2.75) is 54.1 Å². The van der Waals surface area contributed by atoms with Crippen molar-refractivity contribution in [1.29, 1.82) is 0 Å². The van der Waals surface area contributed by atoms with Crippen LogP contribution in [0.3, 0.4) is 0 Å². The van der Waals surface area contributed by atoms with Gasteiger partial charge in [-0.2, -0.15) is 0 Å². The Hall–Kier alpha value is -1.60. The highest BCUT2D eigenvalue weighted by atomic mass is 16.3. The van der Waals surface area contributed by atoms with Crippen LogP contribution in [0.4, 0.5) is 0 Å². The zero-order valence-electron chi connectivity index (χ0n) is 14.4. The van der Waals surface area contributed by atoms with Crippen molar-refractivity contribution in [3.8, 4) is 11.1 Å². The summed E-state index contributed by atoms with van der Waals surface area (Å²) >= 11 is 0. The third-order valence-electron chi connectivity index (χ3n) is 3.69. The van der Waals surface area contributed by atoms with Gasteiger partial charge in [-0.3, -0.25) is 0 Å². The fraction of sp³-hybridized carbons (Fsp3) is 0.400. The summed E-state index contributed by atoms with van der Waals surface area (Å²) in [4.78, 5) is 0. The van der Waals surface area contributed by atoms with Gasteiger partial charge in [0.2, 0.25) is 0 Å². The minimum atomic E-state index is -0.858. The standard InChI is InChI=1S/C16H16O.2C2H6/c1-10-4-6-12-13-7-5-11(2)9-15(13)16(3,17)14(12)8-10;2*1-2/h4-9,17H,1-3H3;2*1-2H3. The van der Waals surface area contributed by atoms with Crippen LogP contribution in [0.1, 0.15) is 56.9 Å². The van der Waals surface area contributed by atoms with E-state index in [0.717, 1.165) is 22.3 Å². The second-order valence-corrected chi connectivity index (χ2v) is 5.17. The maximum Gasteiger partial charge on any atom is 0.113 e. The van der Waals surface area contributed by atoms with Crippen LogP contribution in [0.15, 0.2) is 36.4 Å². The lowest BCUT2D eigenvalue weighted by Crippen LogP contribution is -2.19. The summed E-state index contributed by atoms with van der Waals surface area (Å²) in [6.45, 7) is 14.0. The number of hydrogen-bond donors (Lipinski definition) is 1. The molecule has 3 rings (SSSR count). The molecule has 2 aromatic carbocycles. The molecule has 21 heavy (non-hydrogen) atoms. The smallest absolute Gasteiger partial charge is 0.113 e. The second-order valence-electron chi connectivity index (χ2n) is 5.17. The molecule has 0 unspecified atom stereocenters. The lowest BCUT2D eigenvalue weighted by atomic mass is 9.92. The Balaban J connectivity index is 0.000000510. The number of rotatable bonds is 0. The Kier molecular flexibility index (Phi) is 5.74. The van der Waals surface area contributed by atoms with Crippen LogP contribution in [-0.4, -0.2) is 5.11 Å². The van der Waals surface area contributed by atoms with E-state index < -0.39 is 5.60 Å². The lowest BCUT2D eigenvalue weighted by molar-refractivity contribution is 0.107. The minimum Gasteiger partial charge on any atom is -0.381 e. The van der Waals surface area contributed by atoms with E-state index in [1.165, 1.54) is 11.1 Å². The van der Waals surface area contributed by atoms with E-state index in [2.05, 4.69) is 50.2 Å². The largest absolute Gasteiger partial charge is 0.381 e. The molecule has 1 aliphatic rings. The third kappa shape index (κ3) is 3.03. The van der Waals surface area contributed by atoms with Gasteiger partial charge in [0.25, 0.3) is 0 Å². The lowest BCUT2D eigenvalue weighted by Gasteiger charge is -2.20. The van der Waals surface area contributed by atoms with Gasteiger partial charge < -0.3 is 5.11 Å². The first-order chi connectivity index (χ1) is 10.00. The van der Waals surface area contributed by atoms with Crippen LogP contribution in [0.2, 0.25) is 0 Å². The van der Waals surface area contributed by atoms with E-state index in [9.17, 15) is 5.11 Å². The van der Waals surface area contributed by atoms with Gasteiger partial charge in [0.15, 0.2) is 0 Å². The predicted octanol–water partition coefficient (Wildman–Crippen LogP) is 5.59. The van der Waals surface area contributed by atoms with Crippen molar-refractivity contribution in [3.63, 3.8) is 0 Å². The molecule has 0 heterocycles. The number of fused-ring (bicyclic) bond motifs is 3. The fourth-order valence-electron chi connectivity index (χ4n) is 2.74. The molecule has 0 amide bonds. The molecule has 0 saturated carbocycles. The molecule has 0 atom stereocenters. The molecule has 0 fully saturated rings. The van der Waals surface area contributed by atoms with Gasteiger partial charge in [-0.25, -0.2) is 0 Å². The topological polar surface area (TPSA) is 20.2 Å². The van der Waals surface area contributed by atoms with Crippen LogP contribution in [0.25, 0.3) is 11.1 Å². The average Bonchev–Trinajstić information content (AvgIpc) is 2.71. The van der Waals surface area contributed by atoms with Gasteiger partial charge in [-0.1, -0.05) is 75.2 Å². The van der Waals surface area contributed by atoms with E-state index in [1.807, 2.05) is 34.6 Å². The molecule has 0 aliphatic heterocycles. The van der Waals surface area contributed by atoms with E-state index in [4.69, 9.17) is 0 Å². The molecule has 0 saturated heterocycles. The highest BCUT2D eigenvalue weighted by molar-refractivity contribution is 5.80. The van der Waals surface area contributed by atoms with Gasteiger partial charge in [0, 0.05) is 0 Å². The first kappa shape index (κ1) is 17.5. The van der Waals surface area contributed by atoms with E-state index in [1.54, 1.807) is 0 Å². The predicted molar refractivity (Wildman–Crippen MR) is 92.7 cm³/mol. The first-order valence-corrected chi connectivity index (χ1v) is 7.95. The van der Waals surface area contributed by atoms with Gasteiger partial charge in [-0.05, 0) is 43.0 Å². The molecule has 0 aromatic heterocycles. The average molecular weight is 284 g/mol. The molecular formula is C20H28O. The van der Waals surface area contributed by atoms with Crippen LogP contribution >= 0.6 is 0 Å².